The molecule has 1 N–H and O–H groups in total. The molecule has 0 aliphatic carbocycles. The molecule has 0 heterocycles. The Morgan fingerprint density at radius 1 is 1.11 bits per heavy atom. The number of rotatable bonds is 7. The lowest BCUT2D eigenvalue weighted by molar-refractivity contribution is -0.0717. The van der Waals surface area contributed by atoms with Crippen molar-refractivity contribution in [3.63, 3.8) is 0 Å². The highest BCUT2D eigenvalue weighted by molar-refractivity contribution is 5.33. The van der Waals surface area contributed by atoms with E-state index in [0.717, 1.165) is 19.4 Å². The molecule has 2 heteroatoms. The fraction of sp³-hybridized carbons (Fsp3) is 0.647. The first-order valence-electron chi connectivity index (χ1n) is 7.43. The van der Waals surface area contributed by atoms with Gasteiger partial charge >= 0.3 is 0 Å². The summed E-state index contributed by atoms with van der Waals surface area (Å²) in [6.07, 6.45) is 2.02. The van der Waals surface area contributed by atoms with Gasteiger partial charge in [-0.15, -0.1) is 0 Å². The van der Waals surface area contributed by atoms with Crippen LogP contribution in [-0.4, -0.2) is 19.3 Å². The van der Waals surface area contributed by atoms with Gasteiger partial charge in [0.2, 0.25) is 0 Å². The summed E-state index contributed by atoms with van der Waals surface area (Å²) in [6, 6.07) is 6.96. The lowest BCUT2D eigenvalue weighted by Crippen LogP contribution is -2.44. The molecule has 0 aliphatic heterocycles. The van der Waals surface area contributed by atoms with Gasteiger partial charge in [-0.3, -0.25) is 0 Å². The number of ether oxygens (including phenoxy) is 1. The standard InChI is InChI=1S/C17H29NO/c1-7-17(8-2,19-9-3)16(18-6)15-11-10-13(4)14(5)12-15/h10-12,16,18H,7-9H2,1-6H3. The summed E-state index contributed by atoms with van der Waals surface area (Å²) in [5, 5.41) is 3.47. The van der Waals surface area contributed by atoms with Gasteiger partial charge in [-0.25, -0.2) is 0 Å². The summed E-state index contributed by atoms with van der Waals surface area (Å²) < 4.78 is 6.14. The Hall–Kier alpha value is -0.860. The Morgan fingerprint density at radius 2 is 1.74 bits per heavy atom. The second kappa shape index (κ2) is 7.06. The molecule has 2 nitrogen and oxygen atoms in total. The molecule has 108 valence electrons. The van der Waals surface area contributed by atoms with Gasteiger partial charge in [0.1, 0.15) is 0 Å². The fourth-order valence-corrected chi connectivity index (χ4v) is 2.91. The van der Waals surface area contributed by atoms with Crippen molar-refractivity contribution >= 4 is 0 Å². The van der Waals surface area contributed by atoms with Gasteiger partial charge in [0.25, 0.3) is 0 Å². The van der Waals surface area contributed by atoms with E-state index in [1.54, 1.807) is 0 Å². The van der Waals surface area contributed by atoms with E-state index in [4.69, 9.17) is 4.74 Å². The molecular weight excluding hydrogens is 234 g/mol. The molecule has 0 spiro atoms. The van der Waals surface area contributed by atoms with Crippen LogP contribution < -0.4 is 5.32 Å². The molecule has 0 aromatic heterocycles. The lowest BCUT2D eigenvalue weighted by Gasteiger charge is -2.39. The van der Waals surface area contributed by atoms with E-state index in [0.29, 0.717) is 0 Å². The van der Waals surface area contributed by atoms with E-state index >= 15 is 0 Å². The number of likely N-dealkylation sites (N-methyl/N-ethyl adjacent to an activating group) is 1. The van der Waals surface area contributed by atoms with E-state index < -0.39 is 0 Å². The van der Waals surface area contributed by atoms with Crippen molar-refractivity contribution < 1.29 is 4.74 Å². The van der Waals surface area contributed by atoms with Gasteiger partial charge in [0, 0.05) is 6.61 Å². The van der Waals surface area contributed by atoms with Gasteiger partial charge in [-0.05, 0) is 57.4 Å². The second-order valence-electron chi connectivity index (χ2n) is 5.27. The van der Waals surface area contributed by atoms with Crippen molar-refractivity contribution in [2.45, 2.75) is 59.1 Å². The molecular formula is C17H29NO. The predicted molar refractivity (Wildman–Crippen MR) is 82.7 cm³/mol. The molecule has 1 aromatic carbocycles. The Kier molecular flexibility index (Phi) is 6.02. The maximum atomic E-state index is 6.14. The van der Waals surface area contributed by atoms with Crippen LogP contribution in [0.3, 0.4) is 0 Å². The van der Waals surface area contributed by atoms with Gasteiger partial charge < -0.3 is 10.1 Å². The summed E-state index contributed by atoms with van der Waals surface area (Å²) in [4.78, 5) is 0. The van der Waals surface area contributed by atoms with Crippen LogP contribution in [0.2, 0.25) is 0 Å². The van der Waals surface area contributed by atoms with Crippen LogP contribution in [0.25, 0.3) is 0 Å². The third-order valence-electron chi connectivity index (χ3n) is 4.31. The topological polar surface area (TPSA) is 21.3 Å². The van der Waals surface area contributed by atoms with Crippen LogP contribution in [0.4, 0.5) is 0 Å². The summed E-state index contributed by atoms with van der Waals surface area (Å²) in [7, 11) is 2.03. The fourth-order valence-electron chi connectivity index (χ4n) is 2.91. The van der Waals surface area contributed by atoms with Crippen molar-refractivity contribution in [2.75, 3.05) is 13.7 Å². The quantitative estimate of drug-likeness (QED) is 0.797. The monoisotopic (exact) mass is 263 g/mol. The van der Waals surface area contributed by atoms with Gasteiger partial charge in [-0.1, -0.05) is 32.0 Å². The largest absolute Gasteiger partial charge is 0.373 e. The van der Waals surface area contributed by atoms with Crippen molar-refractivity contribution in [1.29, 1.82) is 0 Å². The molecule has 0 saturated carbocycles. The number of hydrogen-bond donors (Lipinski definition) is 1. The van der Waals surface area contributed by atoms with Gasteiger partial charge in [0.05, 0.1) is 11.6 Å². The molecule has 0 saturated heterocycles. The maximum Gasteiger partial charge on any atom is 0.0870 e. The molecule has 1 aromatic rings. The highest BCUT2D eigenvalue weighted by atomic mass is 16.5. The minimum Gasteiger partial charge on any atom is -0.373 e. The molecule has 0 fully saturated rings. The van der Waals surface area contributed by atoms with Crippen molar-refractivity contribution in [1.82, 2.24) is 5.32 Å². The molecule has 1 rings (SSSR count). The third-order valence-corrected chi connectivity index (χ3v) is 4.31. The van der Waals surface area contributed by atoms with E-state index in [-0.39, 0.29) is 11.6 Å². The average Bonchev–Trinajstić information content (AvgIpc) is 2.42. The van der Waals surface area contributed by atoms with Crippen molar-refractivity contribution in [2.24, 2.45) is 0 Å². The van der Waals surface area contributed by atoms with Crippen molar-refractivity contribution in [3.05, 3.63) is 34.9 Å². The van der Waals surface area contributed by atoms with Gasteiger partial charge in [-0.2, -0.15) is 0 Å². The highest BCUT2D eigenvalue weighted by Crippen LogP contribution is 2.35. The summed E-state index contributed by atoms with van der Waals surface area (Å²) in [5.74, 6) is 0. The van der Waals surface area contributed by atoms with Crippen LogP contribution in [0.15, 0.2) is 18.2 Å². The van der Waals surface area contributed by atoms with E-state index in [1.807, 2.05) is 7.05 Å². The molecule has 0 bridgehead atoms. The molecule has 0 amide bonds. The van der Waals surface area contributed by atoms with Crippen LogP contribution in [0.5, 0.6) is 0 Å². The molecule has 19 heavy (non-hydrogen) atoms. The van der Waals surface area contributed by atoms with Crippen LogP contribution in [0, 0.1) is 13.8 Å². The zero-order chi connectivity index (χ0) is 14.5. The second-order valence-corrected chi connectivity index (χ2v) is 5.27. The Bertz CT molecular complexity index is 396. The number of aryl methyl sites for hydroxylation is 2. The SMILES string of the molecule is CCOC(CC)(CC)C(NC)c1ccc(C)c(C)c1. The number of nitrogens with one attached hydrogen (secondary N) is 1. The lowest BCUT2D eigenvalue weighted by atomic mass is 9.83. The van der Waals surface area contributed by atoms with Gasteiger partial charge in [0.15, 0.2) is 0 Å². The minimum atomic E-state index is -0.120. The summed E-state index contributed by atoms with van der Waals surface area (Å²) in [5.41, 5.74) is 3.89. The molecule has 0 radical (unpaired) electrons. The summed E-state index contributed by atoms with van der Waals surface area (Å²) >= 11 is 0. The smallest absolute Gasteiger partial charge is 0.0870 e. The Balaban J connectivity index is 3.18. The van der Waals surface area contributed by atoms with Crippen molar-refractivity contribution in [3.8, 4) is 0 Å². The minimum absolute atomic E-state index is 0.120. The first-order chi connectivity index (χ1) is 9.04. The Labute approximate surface area is 118 Å². The molecule has 1 atom stereocenters. The van der Waals surface area contributed by atoms with E-state index in [9.17, 15) is 0 Å². The van der Waals surface area contributed by atoms with Crippen LogP contribution in [-0.2, 0) is 4.74 Å². The highest BCUT2D eigenvalue weighted by Gasteiger charge is 2.36. The Morgan fingerprint density at radius 3 is 2.16 bits per heavy atom. The predicted octanol–water partition coefficient (Wildman–Crippen LogP) is 4.16. The number of hydrogen-bond acceptors (Lipinski definition) is 2. The zero-order valence-electron chi connectivity index (χ0n) is 13.3. The first kappa shape index (κ1) is 16.2. The first-order valence-corrected chi connectivity index (χ1v) is 7.43. The van der Waals surface area contributed by atoms with E-state index in [2.05, 4.69) is 58.1 Å². The van der Waals surface area contributed by atoms with Crippen LogP contribution in [0.1, 0.15) is 56.3 Å². The molecule has 1 unspecified atom stereocenters. The third kappa shape index (κ3) is 3.37. The molecule has 0 aliphatic rings. The number of benzene rings is 1. The summed E-state index contributed by atoms with van der Waals surface area (Å²) in [6.45, 7) is 11.6. The average molecular weight is 263 g/mol. The normalized spacial score (nSPS) is 13.6. The van der Waals surface area contributed by atoms with E-state index in [1.165, 1.54) is 16.7 Å². The maximum absolute atomic E-state index is 6.14. The van der Waals surface area contributed by atoms with Crippen LogP contribution >= 0.6 is 0 Å². The zero-order valence-corrected chi connectivity index (χ0v) is 13.3.